The van der Waals surface area contributed by atoms with Gasteiger partial charge in [-0.1, -0.05) is 6.92 Å². The molecule has 0 aliphatic carbocycles. The molecule has 0 unspecified atom stereocenters. The Morgan fingerprint density at radius 3 is 2.62 bits per heavy atom. The lowest BCUT2D eigenvalue weighted by molar-refractivity contribution is -0.135. The SMILES string of the molecule is CCCNCc1csc(S(=O)(=O)NCCCC(F)(F)F)c1. The van der Waals surface area contributed by atoms with Gasteiger partial charge in [-0.2, -0.15) is 13.2 Å². The first-order chi connectivity index (χ1) is 9.74. The van der Waals surface area contributed by atoms with E-state index in [0.29, 0.717) is 6.54 Å². The van der Waals surface area contributed by atoms with Gasteiger partial charge in [0.05, 0.1) is 0 Å². The summed E-state index contributed by atoms with van der Waals surface area (Å²) in [7, 11) is -3.71. The van der Waals surface area contributed by atoms with Crippen molar-refractivity contribution in [2.75, 3.05) is 13.1 Å². The summed E-state index contributed by atoms with van der Waals surface area (Å²) in [5.41, 5.74) is 0.851. The van der Waals surface area contributed by atoms with E-state index >= 15 is 0 Å². The van der Waals surface area contributed by atoms with Crippen LogP contribution in [0, 0.1) is 0 Å². The monoisotopic (exact) mass is 344 g/mol. The molecule has 0 atom stereocenters. The Morgan fingerprint density at radius 2 is 2.00 bits per heavy atom. The van der Waals surface area contributed by atoms with Gasteiger partial charge in [0.2, 0.25) is 10.0 Å². The molecule has 0 spiro atoms. The van der Waals surface area contributed by atoms with Gasteiger partial charge in [0.25, 0.3) is 0 Å². The smallest absolute Gasteiger partial charge is 0.313 e. The predicted octanol–water partition coefficient (Wildman–Crippen LogP) is 2.87. The van der Waals surface area contributed by atoms with E-state index in [0.717, 1.165) is 29.9 Å². The Labute approximate surface area is 126 Å². The summed E-state index contributed by atoms with van der Waals surface area (Å²) in [5.74, 6) is 0. The lowest BCUT2D eigenvalue weighted by Crippen LogP contribution is -2.25. The van der Waals surface area contributed by atoms with Crippen LogP contribution in [0.25, 0.3) is 0 Å². The zero-order valence-electron chi connectivity index (χ0n) is 11.7. The van der Waals surface area contributed by atoms with Crippen LogP contribution in [0.4, 0.5) is 13.2 Å². The van der Waals surface area contributed by atoms with Crippen LogP contribution < -0.4 is 10.0 Å². The van der Waals surface area contributed by atoms with E-state index in [-0.39, 0.29) is 17.2 Å². The molecular weight excluding hydrogens is 325 g/mol. The average molecular weight is 344 g/mol. The summed E-state index contributed by atoms with van der Waals surface area (Å²) < 4.78 is 62.0. The van der Waals surface area contributed by atoms with Crippen LogP contribution in [-0.4, -0.2) is 27.7 Å². The molecule has 0 saturated heterocycles. The fourth-order valence-electron chi connectivity index (χ4n) is 1.56. The maximum atomic E-state index is 12.0. The Bertz CT molecular complexity index is 527. The molecule has 0 radical (unpaired) electrons. The maximum Gasteiger partial charge on any atom is 0.389 e. The molecule has 9 heteroatoms. The normalized spacial score (nSPS) is 12.8. The number of rotatable bonds is 9. The molecule has 0 aromatic carbocycles. The number of thiophene rings is 1. The molecule has 0 saturated carbocycles. The highest BCUT2D eigenvalue weighted by Crippen LogP contribution is 2.22. The van der Waals surface area contributed by atoms with Gasteiger partial charge in [-0.05, 0) is 36.4 Å². The number of hydrogen-bond acceptors (Lipinski definition) is 4. The van der Waals surface area contributed by atoms with Crippen molar-refractivity contribution >= 4 is 21.4 Å². The summed E-state index contributed by atoms with van der Waals surface area (Å²) in [6, 6.07) is 1.54. The topological polar surface area (TPSA) is 58.2 Å². The van der Waals surface area contributed by atoms with Gasteiger partial charge in [-0.25, -0.2) is 13.1 Å². The third kappa shape index (κ3) is 7.25. The molecule has 0 aliphatic rings. The Hall–Kier alpha value is -0.640. The minimum Gasteiger partial charge on any atom is -0.313 e. The maximum absolute atomic E-state index is 12.0. The second kappa shape index (κ2) is 8.11. The van der Waals surface area contributed by atoms with E-state index in [1.807, 2.05) is 6.92 Å². The highest BCUT2D eigenvalue weighted by Gasteiger charge is 2.26. The summed E-state index contributed by atoms with van der Waals surface area (Å²) in [6.07, 6.45) is -4.53. The third-order valence-corrected chi connectivity index (χ3v) is 5.53. The van der Waals surface area contributed by atoms with Gasteiger partial charge in [-0.3, -0.25) is 0 Å². The first-order valence-corrected chi connectivity index (χ1v) is 8.95. The van der Waals surface area contributed by atoms with E-state index < -0.39 is 22.6 Å². The zero-order chi connectivity index (χ0) is 15.9. The van der Waals surface area contributed by atoms with Gasteiger partial charge >= 0.3 is 6.18 Å². The Kier molecular flexibility index (Phi) is 7.11. The molecule has 1 aromatic heterocycles. The molecule has 122 valence electrons. The standard InChI is InChI=1S/C12H19F3N2O2S2/c1-2-5-16-8-10-7-11(20-9-10)21(18,19)17-6-3-4-12(13,14)15/h7,9,16-17H,2-6,8H2,1H3. The molecule has 4 nitrogen and oxygen atoms in total. The van der Waals surface area contributed by atoms with Crippen LogP contribution >= 0.6 is 11.3 Å². The van der Waals surface area contributed by atoms with Crippen molar-refractivity contribution in [3.8, 4) is 0 Å². The molecule has 1 heterocycles. The number of hydrogen-bond donors (Lipinski definition) is 2. The van der Waals surface area contributed by atoms with E-state index in [4.69, 9.17) is 0 Å². The van der Waals surface area contributed by atoms with E-state index in [1.165, 1.54) is 0 Å². The Morgan fingerprint density at radius 1 is 1.29 bits per heavy atom. The third-order valence-electron chi connectivity index (χ3n) is 2.58. The summed E-state index contributed by atoms with van der Waals surface area (Å²) >= 11 is 1.07. The van der Waals surface area contributed by atoms with Crippen molar-refractivity contribution in [3.05, 3.63) is 17.0 Å². The van der Waals surface area contributed by atoms with E-state index in [1.54, 1.807) is 11.4 Å². The van der Waals surface area contributed by atoms with Gasteiger partial charge in [0.1, 0.15) is 4.21 Å². The second-order valence-corrected chi connectivity index (χ2v) is 7.47. The average Bonchev–Trinajstić information content (AvgIpc) is 2.84. The number of nitrogens with one attached hydrogen (secondary N) is 2. The molecule has 0 aliphatic heterocycles. The van der Waals surface area contributed by atoms with E-state index in [2.05, 4.69) is 10.0 Å². The van der Waals surface area contributed by atoms with Crippen molar-refractivity contribution in [2.45, 2.75) is 43.1 Å². The molecule has 0 fully saturated rings. The van der Waals surface area contributed by atoms with Crippen LogP contribution in [0.2, 0.25) is 0 Å². The van der Waals surface area contributed by atoms with E-state index in [9.17, 15) is 21.6 Å². The van der Waals surface area contributed by atoms with Crippen LogP contribution in [0.3, 0.4) is 0 Å². The summed E-state index contributed by atoms with van der Waals surface area (Å²) in [4.78, 5) is 0. The van der Waals surface area contributed by atoms with Crippen molar-refractivity contribution in [1.29, 1.82) is 0 Å². The number of alkyl halides is 3. The van der Waals surface area contributed by atoms with Crippen molar-refractivity contribution in [2.24, 2.45) is 0 Å². The molecule has 2 N–H and O–H groups in total. The molecule has 0 bridgehead atoms. The fraction of sp³-hybridized carbons (Fsp3) is 0.667. The van der Waals surface area contributed by atoms with Gasteiger partial charge in [0.15, 0.2) is 0 Å². The highest BCUT2D eigenvalue weighted by atomic mass is 32.2. The molecule has 1 aromatic rings. The molecule has 21 heavy (non-hydrogen) atoms. The minimum absolute atomic E-state index is 0.128. The lowest BCUT2D eigenvalue weighted by Gasteiger charge is -2.07. The van der Waals surface area contributed by atoms with Crippen molar-refractivity contribution < 1.29 is 21.6 Å². The predicted molar refractivity (Wildman–Crippen MR) is 76.8 cm³/mol. The number of halogens is 3. The first kappa shape index (κ1) is 18.4. The van der Waals surface area contributed by atoms with Gasteiger partial charge in [-0.15, -0.1) is 11.3 Å². The highest BCUT2D eigenvalue weighted by molar-refractivity contribution is 7.91. The van der Waals surface area contributed by atoms with Crippen LogP contribution in [0.15, 0.2) is 15.7 Å². The van der Waals surface area contributed by atoms with Crippen LogP contribution in [0.1, 0.15) is 31.7 Å². The first-order valence-electron chi connectivity index (χ1n) is 6.59. The second-order valence-electron chi connectivity index (χ2n) is 4.57. The van der Waals surface area contributed by atoms with Crippen molar-refractivity contribution in [3.63, 3.8) is 0 Å². The largest absolute Gasteiger partial charge is 0.389 e. The number of sulfonamides is 1. The molecular formula is C12H19F3N2O2S2. The van der Waals surface area contributed by atoms with Gasteiger partial charge in [0, 0.05) is 19.5 Å². The molecule has 0 amide bonds. The minimum atomic E-state index is -4.26. The van der Waals surface area contributed by atoms with Crippen molar-refractivity contribution in [1.82, 2.24) is 10.0 Å². The summed E-state index contributed by atoms with van der Waals surface area (Å²) in [5, 5.41) is 4.88. The molecule has 1 rings (SSSR count). The Balaban J connectivity index is 2.47. The zero-order valence-corrected chi connectivity index (χ0v) is 13.3. The quantitative estimate of drug-likeness (QED) is 0.677. The fourth-order valence-corrected chi connectivity index (χ4v) is 3.89. The van der Waals surface area contributed by atoms with Crippen LogP contribution in [-0.2, 0) is 16.6 Å². The van der Waals surface area contributed by atoms with Gasteiger partial charge < -0.3 is 5.32 Å². The lowest BCUT2D eigenvalue weighted by atomic mass is 10.3. The summed E-state index contributed by atoms with van der Waals surface area (Å²) in [6.45, 7) is 3.23. The van der Waals surface area contributed by atoms with Crippen LogP contribution in [0.5, 0.6) is 0 Å².